The van der Waals surface area contributed by atoms with Crippen LogP contribution in [0.15, 0.2) is 48.0 Å². The number of carbonyl (C=O) groups is 2. The molecule has 0 aliphatic heterocycles. The van der Waals surface area contributed by atoms with E-state index in [4.69, 9.17) is 23.2 Å². The fourth-order valence-electron chi connectivity index (χ4n) is 2.01. The Labute approximate surface area is 167 Å². The summed E-state index contributed by atoms with van der Waals surface area (Å²) in [7, 11) is 0. The van der Waals surface area contributed by atoms with Gasteiger partial charge in [0.15, 0.2) is 0 Å². The Kier molecular flexibility index (Phi) is 6.67. The van der Waals surface area contributed by atoms with E-state index in [9.17, 15) is 28.0 Å². The van der Waals surface area contributed by atoms with Crippen LogP contribution >= 0.6 is 23.2 Å². The summed E-state index contributed by atoms with van der Waals surface area (Å²) in [6.45, 7) is 0. The van der Waals surface area contributed by atoms with Gasteiger partial charge >= 0.3 is 12.1 Å². The molecule has 2 amide bonds. The highest BCUT2D eigenvalue weighted by atomic mass is 35.5. The monoisotopic (exact) mass is 427 g/mol. The van der Waals surface area contributed by atoms with E-state index >= 15 is 0 Å². The first-order chi connectivity index (χ1) is 13.1. The highest BCUT2D eigenvalue weighted by molar-refractivity contribution is 6.36. The van der Waals surface area contributed by atoms with Crippen LogP contribution in [-0.4, -0.2) is 18.0 Å². The van der Waals surface area contributed by atoms with Crippen molar-refractivity contribution in [1.29, 1.82) is 5.26 Å². The van der Waals surface area contributed by atoms with E-state index < -0.39 is 18.0 Å². The summed E-state index contributed by atoms with van der Waals surface area (Å²) in [6, 6.07) is 11.3. The average molecular weight is 428 g/mol. The van der Waals surface area contributed by atoms with Crippen LogP contribution < -0.4 is 10.6 Å². The lowest BCUT2D eigenvalue weighted by Gasteiger charge is -2.09. The minimum atomic E-state index is -5.04. The van der Waals surface area contributed by atoms with Crippen LogP contribution in [0.3, 0.4) is 0 Å². The molecule has 28 heavy (non-hydrogen) atoms. The van der Waals surface area contributed by atoms with Gasteiger partial charge in [0.2, 0.25) is 0 Å². The van der Waals surface area contributed by atoms with Gasteiger partial charge in [0, 0.05) is 10.7 Å². The summed E-state index contributed by atoms with van der Waals surface area (Å²) in [5.74, 6) is -2.93. The second-order valence-corrected chi connectivity index (χ2v) is 6.17. The molecule has 0 saturated carbocycles. The summed E-state index contributed by atoms with van der Waals surface area (Å²) in [6.07, 6.45) is -3.89. The lowest BCUT2D eigenvalue weighted by molar-refractivity contribution is -0.167. The fraction of sp³-hybridized carbons (Fsp3) is 0.0556. The van der Waals surface area contributed by atoms with Gasteiger partial charge in [0.1, 0.15) is 11.6 Å². The number of halogens is 5. The molecule has 0 bridgehead atoms. The topological polar surface area (TPSA) is 82.0 Å². The summed E-state index contributed by atoms with van der Waals surface area (Å²) in [5, 5.41) is 13.9. The molecule has 2 aromatic carbocycles. The van der Waals surface area contributed by atoms with Gasteiger partial charge in [-0.1, -0.05) is 35.3 Å². The van der Waals surface area contributed by atoms with Crippen LogP contribution in [-0.2, 0) is 9.59 Å². The van der Waals surface area contributed by atoms with E-state index in [0.29, 0.717) is 5.02 Å². The van der Waals surface area contributed by atoms with Crippen molar-refractivity contribution in [2.45, 2.75) is 6.18 Å². The summed E-state index contributed by atoms with van der Waals surface area (Å²) in [4.78, 5) is 23.3. The molecule has 0 atom stereocenters. The first kappa shape index (κ1) is 21.3. The van der Waals surface area contributed by atoms with Crippen molar-refractivity contribution in [2.24, 2.45) is 0 Å². The van der Waals surface area contributed by atoms with Crippen molar-refractivity contribution in [2.75, 3.05) is 10.6 Å². The standard InChI is InChI=1S/C18H10Cl2F3N3O2/c19-12-4-5-14(20)15(8-12)26-16(27)11(9-24)6-10-2-1-3-13(7-10)25-17(28)18(21,22)23/h1-8H,(H,25,28)(H,26,27)/b11-6+. The van der Waals surface area contributed by atoms with E-state index in [1.54, 1.807) is 11.4 Å². The number of alkyl halides is 3. The molecule has 0 aliphatic carbocycles. The number of nitriles is 1. The molecule has 2 aromatic rings. The highest BCUT2D eigenvalue weighted by Gasteiger charge is 2.38. The molecule has 0 spiro atoms. The number of hydrogen-bond donors (Lipinski definition) is 2. The smallest absolute Gasteiger partial charge is 0.320 e. The van der Waals surface area contributed by atoms with Gasteiger partial charge in [0.05, 0.1) is 10.7 Å². The van der Waals surface area contributed by atoms with E-state index in [1.165, 1.54) is 42.5 Å². The summed E-state index contributed by atoms with van der Waals surface area (Å²) in [5.41, 5.74) is -0.0719. The molecule has 5 nitrogen and oxygen atoms in total. The molecular formula is C18H10Cl2F3N3O2. The Morgan fingerprint density at radius 3 is 2.43 bits per heavy atom. The maximum atomic E-state index is 12.3. The third kappa shape index (κ3) is 5.74. The molecule has 2 rings (SSSR count). The molecule has 0 radical (unpaired) electrons. The first-order valence-electron chi connectivity index (χ1n) is 7.46. The molecule has 0 saturated heterocycles. The number of nitrogens with one attached hydrogen (secondary N) is 2. The van der Waals surface area contributed by atoms with E-state index in [0.717, 1.165) is 6.08 Å². The van der Waals surface area contributed by atoms with Gasteiger partial charge in [-0.25, -0.2) is 0 Å². The van der Waals surface area contributed by atoms with Gasteiger partial charge in [-0.15, -0.1) is 0 Å². The molecule has 2 N–H and O–H groups in total. The third-order valence-electron chi connectivity index (χ3n) is 3.25. The number of amides is 2. The predicted octanol–water partition coefficient (Wildman–Crippen LogP) is 5.04. The summed E-state index contributed by atoms with van der Waals surface area (Å²) >= 11 is 11.8. The quantitative estimate of drug-likeness (QED) is 0.529. The highest BCUT2D eigenvalue weighted by Crippen LogP contribution is 2.26. The fourth-order valence-corrected chi connectivity index (χ4v) is 2.34. The number of hydrogen-bond acceptors (Lipinski definition) is 3. The zero-order valence-corrected chi connectivity index (χ0v) is 15.3. The number of carbonyl (C=O) groups excluding carboxylic acids is 2. The Bertz CT molecular complexity index is 998. The maximum Gasteiger partial charge on any atom is 0.471 e. The summed E-state index contributed by atoms with van der Waals surface area (Å²) < 4.78 is 37.0. The van der Waals surface area contributed by atoms with E-state index in [-0.39, 0.29) is 27.5 Å². The maximum absolute atomic E-state index is 12.3. The molecule has 144 valence electrons. The lowest BCUT2D eigenvalue weighted by Crippen LogP contribution is -2.29. The van der Waals surface area contributed by atoms with Crippen LogP contribution in [0, 0.1) is 11.3 Å². The van der Waals surface area contributed by atoms with Gasteiger partial charge < -0.3 is 10.6 Å². The predicted molar refractivity (Wildman–Crippen MR) is 99.8 cm³/mol. The molecule has 0 fully saturated rings. The SMILES string of the molecule is N#C/C(=C\c1cccc(NC(=O)C(F)(F)F)c1)C(=O)Nc1cc(Cl)ccc1Cl. The van der Waals surface area contributed by atoms with Crippen molar-refractivity contribution < 1.29 is 22.8 Å². The number of nitrogens with zero attached hydrogens (tertiary/aromatic N) is 1. The van der Waals surface area contributed by atoms with Crippen LogP contribution in [0.1, 0.15) is 5.56 Å². The van der Waals surface area contributed by atoms with Crippen molar-refractivity contribution in [3.63, 3.8) is 0 Å². The molecule has 0 unspecified atom stereocenters. The number of benzene rings is 2. The van der Waals surface area contributed by atoms with Gasteiger partial charge in [0.25, 0.3) is 5.91 Å². The molecule has 0 heterocycles. The van der Waals surface area contributed by atoms with Gasteiger partial charge in [-0.2, -0.15) is 18.4 Å². The Hall–Kier alpha value is -3.02. The Balaban J connectivity index is 2.23. The molecule has 0 aromatic heterocycles. The van der Waals surface area contributed by atoms with Crippen LogP contribution in [0.4, 0.5) is 24.5 Å². The lowest BCUT2D eigenvalue weighted by atomic mass is 10.1. The minimum absolute atomic E-state index is 0.147. The minimum Gasteiger partial charge on any atom is -0.320 e. The zero-order valence-electron chi connectivity index (χ0n) is 13.8. The number of rotatable bonds is 4. The van der Waals surface area contributed by atoms with E-state index in [1.807, 2.05) is 0 Å². The van der Waals surface area contributed by atoms with E-state index in [2.05, 4.69) is 5.32 Å². The van der Waals surface area contributed by atoms with Crippen molar-refractivity contribution in [3.8, 4) is 6.07 Å². The van der Waals surface area contributed by atoms with Crippen LogP contribution in [0.5, 0.6) is 0 Å². The third-order valence-corrected chi connectivity index (χ3v) is 3.82. The molecule has 0 aliphatic rings. The Morgan fingerprint density at radius 2 is 1.79 bits per heavy atom. The van der Waals surface area contributed by atoms with Crippen LogP contribution in [0.2, 0.25) is 10.0 Å². The van der Waals surface area contributed by atoms with Crippen molar-refractivity contribution in [3.05, 3.63) is 63.6 Å². The second kappa shape index (κ2) is 8.78. The van der Waals surface area contributed by atoms with Gasteiger partial charge in [-0.3, -0.25) is 9.59 Å². The van der Waals surface area contributed by atoms with Gasteiger partial charge in [-0.05, 0) is 42.0 Å². The molecule has 10 heteroatoms. The van der Waals surface area contributed by atoms with Crippen LogP contribution in [0.25, 0.3) is 6.08 Å². The largest absolute Gasteiger partial charge is 0.471 e. The Morgan fingerprint density at radius 1 is 1.07 bits per heavy atom. The van der Waals surface area contributed by atoms with Crippen molar-refractivity contribution >= 4 is 52.5 Å². The first-order valence-corrected chi connectivity index (χ1v) is 8.22. The van der Waals surface area contributed by atoms with Crippen molar-refractivity contribution in [1.82, 2.24) is 0 Å². The second-order valence-electron chi connectivity index (χ2n) is 5.33. The number of anilines is 2. The zero-order chi connectivity index (χ0) is 20.9. The molecular weight excluding hydrogens is 418 g/mol. The average Bonchev–Trinajstić information content (AvgIpc) is 2.62. The normalized spacial score (nSPS) is 11.5.